The summed E-state index contributed by atoms with van der Waals surface area (Å²) >= 11 is 2.08. The molecule has 0 saturated carbocycles. The van der Waals surface area contributed by atoms with E-state index < -0.39 is 17.8 Å². The maximum Gasteiger partial charge on any atom is 0.335 e. The van der Waals surface area contributed by atoms with Crippen LogP contribution in [0.5, 0.6) is 11.5 Å². The number of benzene rings is 3. The van der Waals surface area contributed by atoms with Gasteiger partial charge in [-0.15, -0.1) is 0 Å². The molecule has 3 aromatic carbocycles. The van der Waals surface area contributed by atoms with Crippen LogP contribution in [-0.4, -0.2) is 24.5 Å². The van der Waals surface area contributed by atoms with Gasteiger partial charge in [0, 0.05) is 0 Å². The molecule has 0 bridgehead atoms. The summed E-state index contributed by atoms with van der Waals surface area (Å²) in [6.45, 7) is 4.16. The number of carbonyl (C=O) groups is 3. The zero-order valence-corrected chi connectivity index (χ0v) is 21.7. The summed E-state index contributed by atoms with van der Waals surface area (Å²) in [7, 11) is 0. The van der Waals surface area contributed by atoms with Crippen LogP contribution in [0.1, 0.15) is 23.6 Å². The predicted molar refractivity (Wildman–Crippen MR) is 141 cm³/mol. The Morgan fingerprint density at radius 3 is 2.44 bits per heavy atom. The second kappa shape index (κ2) is 10.9. The summed E-state index contributed by atoms with van der Waals surface area (Å²) in [5.74, 6) is -0.916. The lowest BCUT2D eigenvalue weighted by Gasteiger charge is -2.27. The van der Waals surface area contributed by atoms with Crippen molar-refractivity contribution < 1.29 is 28.2 Å². The fourth-order valence-corrected chi connectivity index (χ4v) is 4.45. The van der Waals surface area contributed by atoms with Crippen LogP contribution in [0.15, 0.2) is 66.2 Å². The minimum Gasteiger partial charge on any atom is -0.490 e. The summed E-state index contributed by atoms with van der Waals surface area (Å²) in [5.41, 5.74) is 2.23. The molecule has 3 aromatic rings. The minimum atomic E-state index is -0.800. The van der Waals surface area contributed by atoms with Gasteiger partial charge in [-0.1, -0.05) is 30.3 Å². The quantitative estimate of drug-likeness (QED) is 0.224. The Hall–Kier alpha value is -3.73. The van der Waals surface area contributed by atoms with Gasteiger partial charge in [-0.3, -0.25) is 14.9 Å². The summed E-state index contributed by atoms with van der Waals surface area (Å²) < 4.78 is 25.6. The molecule has 4 amide bonds. The van der Waals surface area contributed by atoms with Crippen LogP contribution in [0.3, 0.4) is 0 Å². The first-order chi connectivity index (χ1) is 17.3. The smallest absolute Gasteiger partial charge is 0.335 e. The van der Waals surface area contributed by atoms with E-state index in [2.05, 4.69) is 27.9 Å². The van der Waals surface area contributed by atoms with Crippen LogP contribution in [0.2, 0.25) is 0 Å². The van der Waals surface area contributed by atoms with Crippen LogP contribution in [0, 0.1) is 16.3 Å². The molecule has 36 heavy (non-hydrogen) atoms. The number of anilines is 1. The first-order valence-corrected chi connectivity index (χ1v) is 12.2. The molecule has 1 N–H and O–H groups in total. The SMILES string of the molecule is CCOc1cc(/C=C2\C(=O)NC(=O)N(c3ccccc3C)C2=O)cc(I)c1OCc1ccc(F)cc1. The minimum absolute atomic E-state index is 0.184. The van der Waals surface area contributed by atoms with Gasteiger partial charge in [0.2, 0.25) is 0 Å². The van der Waals surface area contributed by atoms with Gasteiger partial charge < -0.3 is 9.47 Å². The lowest BCUT2D eigenvalue weighted by atomic mass is 10.1. The fraction of sp³-hybridized carbons (Fsp3) is 0.148. The Morgan fingerprint density at radius 1 is 1.03 bits per heavy atom. The van der Waals surface area contributed by atoms with Crippen LogP contribution in [0.25, 0.3) is 6.08 Å². The second-order valence-corrected chi connectivity index (χ2v) is 9.08. The van der Waals surface area contributed by atoms with Gasteiger partial charge in [-0.25, -0.2) is 14.1 Å². The highest BCUT2D eigenvalue weighted by molar-refractivity contribution is 14.1. The normalized spacial score (nSPS) is 14.7. The number of halogens is 2. The molecule has 1 fully saturated rings. The van der Waals surface area contributed by atoms with Gasteiger partial charge in [0.15, 0.2) is 11.5 Å². The summed E-state index contributed by atoms with van der Waals surface area (Å²) in [6, 6.07) is 15.5. The average Bonchev–Trinajstić information content (AvgIpc) is 2.83. The number of imide groups is 2. The standard InChI is InChI=1S/C27H22FIN2O5/c1-3-35-23-14-18(13-21(29)24(23)36-15-17-8-10-19(28)11-9-17)12-20-25(32)30-27(34)31(26(20)33)22-7-5-4-6-16(22)2/h4-14H,3,15H2,1-2H3,(H,30,32,34)/b20-12+. The number of para-hydroxylation sites is 1. The van der Waals surface area contributed by atoms with Crippen molar-refractivity contribution in [3.05, 3.63) is 92.3 Å². The molecule has 0 unspecified atom stereocenters. The Balaban J connectivity index is 1.66. The highest BCUT2D eigenvalue weighted by Crippen LogP contribution is 2.36. The number of barbiturate groups is 1. The van der Waals surface area contributed by atoms with Gasteiger partial charge in [0.1, 0.15) is 18.0 Å². The summed E-state index contributed by atoms with van der Waals surface area (Å²) in [5, 5.41) is 2.24. The van der Waals surface area contributed by atoms with Crippen molar-refractivity contribution in [3.63, 3.8) is 0 Å². The van der Waals surface area contributed by atoms with E-state index in [-0.39, 0.29) is 18.0 Å². The van der Waals surface area contributed by atoms with Crippen LogP contribution in [0.4, 0.5) is 14.9 Å². The number of nitrogens with one attached hydrogen (secondary N) is 1. The van der Waals surface area contributed by atoms with Gasteiger partial charge in [0.25, 0.3) is 11.8 Å². The monoisotopic (exact) mass is 600 g/mol. The molecule has 1 saturated heterocycles. The van der Waals surface area contributed by atoms with E-state index in [0.717, 1.165) is 10.5 Å². The van der Waals surface area contributed by atoms with Crippen LogP contribution >= 0.6 is 22.6 Å². The number of hydrogen-bond donors (Lipinski definition) is 1. The van der Waals surface area contributed by atoms with E-state index in [0.29, 0.717) is 38.5 Å². The van der Waals surface area contributed by atoms with E-state index in [1.54, 1.807) is 55.5 Å². The van der Waals surface area contributed by atoms with Crippen molar-refractivity contribution in [1.29, 1.82) is 0 Å². The maximum absolute atomic E-state index is 13.2. The largest absolute Gasteiger partial charge is 0.490 e. The van der Waals surface area contributed by atoms with E-state index in [1.165, 1.54) is 18.2 Å². The van der Waals surface area contributed by atoms with E-state index in [4.69, 9.17) is 9.47 Å². The molecule has 0 spiro atoms. The predicted octanol–water partition coefficient (Wildman–Crippen LogP) is 5.38. The zero-order valence-electron chi connectivity index (χ0n) is 19.5. The molecule has 184 valence electrons. The van der Waals surface area contributed by atoms with Crippen molar-refractivity contribution in [2.45, 2.75) is 20.5 Å². The van der Waals surface area contributed by atoms with E-state index >= 15 is 0 Å². The molecule has 0 aromatic heterocycles. The number of ether oxygens (including phenoxy) is 2. The number of aryl methyl sites for hydroxylation is 1. The summed E-state index contributed by atoms with van der Waals surface area (Å²) in [4.78, 5) is 39.3. The number of nitrogens with zero attached hydrogens (tertiary/aromatic N) is 1. The maximum atomic E-state index is 13.2. The molecule has 1 heterocycles. The molecular formula is C27H22FIN2O5. The molecule has 7 nitrogen and oxygen atoms in total. The number of amides is 4. The molecule has 4 rings (SSSR count). The highest BCUT2D eigenvalue weighted by Gasteiger charge is 2.37. The fourth-order valence-electron chi connectivity index (χ4n) is 3.67. The van der Waals surface area contributed by atoms with Crippen molar-refractivity contribution in [2.24, 2.45) is 0 Å². The van der Waals surface area contributed by atoms with Gasteiger partial charge in [0.05, 0.1) is 15.9 Å². The van der Waals surface area contributed by atoms with Crippen molar-refractivity contribution in [3.8, 4) is 11.5 Å². The molecule has 0 atom stereocenters. The second-order valence-electron chi connectivity index (χ2n) is 7.92. The molecule has 0 radical (unpaired) electrons. The number of carbonyl (C=O) groups excluding carboxylic acids is 3. The third-order valence-electron chi connectivity index (χ3n) is 5.40. The van der Waals surface area contributed by atoms with E-state index in [9.17, 15) is 18.8 Å². The third kappa shape index (κ3) is 5.40. The van der Waals surface area contributed by atoms with E-state index in [1.807, 2.05) is 6.92 Å². The number of rotatable bonds is 7. The molecular weight excluding hydrogens is 578 g/mol. The highest BCUT2D eigenvalue weighted by atomic mass is 127. The average molecular weight is 600 g/mol. The van der Waals surface area contributed by atoms with Crippen molar-refractivity contribution in [1.82, 2.24) is 5.32 Å². The van der Waals surface area contributed by atoms with Crippen molar-refractivity contribution in [2.75, 3.05) is 11.5 Å². The molecule has 1 aliphatic heterocycles. The van der Waals surface area contributed by atoms with Gasteiger partial charge in [-0.2, -0.15) is 0 Å². The molecule has 0 aliphatic carbocycles. The van der Waals surface area contributed by atoms with Gasteiger partial charge >= 0.3 is 6.03 Å². The van der Waals surface area contributed by atoms with Gasteiger partial charge in [-0.05, 0) is 89.5 Å². The lowest BCUT2D eigenvalue weighted by molar-refractivity contribution is -0.122. The first kappa shape index (κ1) is 25.4. The topological polar surface area (TPSA) is 84.9 Å². The molecule has 9 heteroatoms. The Bertz CT molecular complexity index is 1370. The third-order valence-corrected chi connectivity index (χ3v) is 6.20. The lowest BCUT2D eigenvalue weighted by Crippen LogP contribution is -2.54. The Morgan fingerprint density at radius 2 is 1.75 bits per heavy atom. The van der Waals surface area contributed by atoms with Crippen molar-refractivity contribution >= 4 is 52.2 Å². The van der Waals surface area contributed by atoms with Crippen LogP contribution < -0.4 is 19.7 Å². The number of hydrogen-bond acceptors (Lipinski definition) is 5. The Labute approximate surface area is 221 Å². The summed E-state index contributed by atoms with van der Waals surface area (Å²) in [6.07, 6.45) is 1.42. The number of urea groups is 1. The molecule has 1 aliphatic rings. The zero-order chi connectivity index (χ0) is 25.8. The van der Waals surface area contributed by atoms with Crippen LogP contribution in [-0.2, 0) is 16.2 Å². The first-order valence-electron chi connectivity index (χ1n) is 11.1. The Kier molecular flexibility index (Phi) is 7.68.